The molecule has 0 bridgehead atoms. The molecular formula is C13H16N2O5. The largest absolute Gasteiger partial charge is 0.480 e. The Morgan fingerprint density at radius 2 is 1.65 bits per heavy atom. The van der Waals surface area contributed by atoms with Crippen LogP contribution < -0.4 is 5.32 Å². The second-order valence-electron chi connectivity index (χ2n) is 4.39. The van der Waals surface area contributed by atoms with Crippen molar-refractivity contribution in [3.63, 3.8) is 0 Å². The first kappa shape index (κ1) is 15.5. The molecule has 0 aliphatic rings. The Morgan fingerprint density at radius 3 is 2.15 bits per heavy atom. The molecule has 0 atom stereocenters. The topological polar surface area (TPSA) is 107 Å². The van der Waals surface area contributed by atoms with Crippen LogP contribution in [0.5, 0.6) is 0 Å². The van der Waals surface area contributed by atoms with Gasteiger partial charge in [0.05, 0.1) is 0 Å². The molecule has 0 saturated carbocycles. The maximum Gasteiger partial charge on any atom is 0.323 e. The molecule has 7 heteroatoms. The van der Waals surface area contributed by atoms with Gasteiger partial charge >= 0.3 is 18.0 Å². The van der Waals surface area contributed by atoms with E-state index in [-0.39, 0.29) is 0 Å². The van der Waals surface area contributed by atoms with Crippen LogP contribution in [0.3, 0.4) is 0 Å². The van der Waals surface area contributed by atoms with Crippen LogP contribution in [0.15, 0.2) is 18.2 Å². The number of nitrogens with one attached hydrogen (secondary N) is 1. The maximum absolute atomic E-state index is 11.9. The van der Waals surface area contributed by atoms with Gasteiger partial charge in [0.25, 0.3) is 0 Å². The van der Waals surface area contributed by atoms with Gasteiger partial charge in [-0.2, -0.15) is 0 Å². The first-order valence-corrected chi connectivity index (χ1v) is 5.86. The summed E-state index contributed by atoms with van der Waals surface area (Å²) in [6.07, 6.45) is 0. The van der Waals surface area contributed by atoms with E-state index >= 15 is 0 Å². The smallest absolute Gasteiger partial charge is 0.323 e. The molecule has 0 aromatic heterocycles. The first-order chi connectivity index (χ1) is 9.29. The SMILES string of the molecule is Cc1ccc(C)c(NC(=O)N(CC(=O)O)CC(=O)O)c1. The summed E-state index contributed by atoms with van der Waals surface area (Å²) in [4.78, 5) is 34.0. The Kier molecular flexibility index (Phi) is 5.08. The molecule has 0 aliphatic heterocycles. The van der Waals surface area contributed by atoms with Crippen molar-refractivity contribution in [2.24, 2.45) is 0 Å². The second-order valence-corrected chi connectivity index (χ2v) is 4.39. The van der Waals surface area contributed by atoms with Crippen molar-refractivity contribution in [3.05, 3.63) is 29.3 Å². The van der Waals surface area contributed by atoms with Crippen LogP contribution in [0.4, 0.5) is 10.5 Å². The Labute approximate surface area is 115 Å². The second kappa shape index (κ2) is 6.55. The molecular weight excluding hydrogens is 264 g/mol. The molecule has 7 nitrogen and oxygen atoms in total. The third kappa shape index (κ3) is 4.60. The van der Waals surface area contributed by atoms with Crippen molar-refractivity contribution in [2.75, 3.05) is 18.4 Å². The van der Waals surface area contributed by atoms with Crippen LogP contribution in [0.25, 0.3) is 0 Å². The van der Waals surface area contributed by atoms with Gasteiger partial charge in [-0.05, 0) is 31.0 Å². The summed E-state index contributed by atoms with van der Waals surface area (Å²) in [5.41, 5.74) is 2.25. The predicted octanol–water partition coefficient (Wildman–Crippen LogP) is 1.31. The number of carboxylic acid groups (broad SMARTS) is 2. The molecule has 0 saturated heterocycles. The highest BCUT2D eigenvalue weighted by atomic mass is 16.4. The number of rotatable bonds is 5. The van der Waals surface area contributed by atoms with Crippen LogP contribution in [0, 0.1) is 13.8 Å². The fourth-order valence-corrected chi connectivity index (χ4v) is 1.59. The molecule has 20 heavy (non-hydrogen) atoms. The van der Waals surface area contributed by atoms with Crippen LogP contribution in [-0.4, -0.2) is 46.2 Å². The van der Waals surface area contributed by atoms with Gasteiger partial charge in [-0.3, -0.25) is 9.59 Å². The van der Waals surface area contributed by atoms with Gasteiger partial charge in [-0.15, -0.1) is 0 Å². The lowest BCUT2D eigenvalue weighted by Gasteiger charge is -2.20. The van der Waals surface area contributed by atoms with Gasteiger partial charge in [-0.25, -0.2) is 4.79 Å². The summed E-state index contributed by atoms with van der Waals surface area (Å²) >= 11 is 0. The normalized spacial score (nSPS) is 9.90. The molecule has 3 N–H and O–H groups in total. The number of aryl methyl sites for hydroxylation is 2. The Balaban J connectivity index is 2.86. The number of carbonyl (C=O) groups excluding carboxylic acids is 1. The van der Waals surface area contributed by atoms with Gasteiger partial charge in [-0.1, -0.05) is 12.1 Å². The lowest BCUT2D eigenvalue weighted by atomic mass is 10.1. The van der Waals surface area contributed by atoms with E-state index in [1.165, 1.54) is 0 Å². The third-order valence-corrected chi connectivity index (χ3v) is 2.57. The molecule has 1 rings (SSSR count). The molecule has 1 aromatic rings. The lowest BCUT2D eigenvalue weighted by Crippen LogP contribution is -2.42. The zero-order valence-corrected chi connectivity index (χ0v) is 11.2. The highest BCUT2D eigenvalue weighted by Gasteiger charge is 2.20. The van der Waals surface area contributed by atoms with Gasteiger partial charge in [0.15, 0.2) is 0 Å². The Morgan fingerprint density at radius 1 is 1.10 bits per heavy atom. The fraction of sp³-hybridized carbons (Fsp3) is 0.308. The van der Waals surface area contributed by atoms with Gasteiger partial charge in [0, 0.05) is 5.69 Å². The number of hydrogen-bond acceptors (Lipinski definition) is 3. The molecule has 0 unspecified atom stereocenters. The summed E-state index contributed by atoms with van der Waals surface area (Å²) < 4.78 is 0. The van der Waals surface area contributed by atoms with Gasteiger partial charge < -0.3 is 20.4 Å². The van der Waals surface area contributed by atoms with E-state index in [0.717, 1.165) is 11.1 Å². The van der Waals surface area contributed by atoms with Gasteiger partial charge in [0.2, 0.25) is 0 Å². The highest BCUT2D eigenvalue weighted by molar-refractivity contribution is 5.93. The van der Waals surface area contributed by atoms with Crippen molar-refractivity contribution < 1.29 is 24.6 Å². The number of benzene rings is 1. The number of carboxylic acids is 2. The van der Waals surface area contributed by atoms with Crippen LogP contribution in [0.1, 0.15) is 11.1 Å². The minimum atomic E-state index is -1.28. The van der Waals surface area contributed by atoms with Gasteiger partial charge in [0.1, 0.15) is 13.1 Å². The Hall–Kier alpha value is -2.57. The zero-order valence-electron chi connectivity index (χ0n) is 11.2. The maximum atomic E-state index is 11.9. The predicted molar refractivity (Wildman–Crippen MR) is 71.8 cm³/mol. The molecule has 0 heterocycles. The number of nitrogens with zero attached hydrogens (tertiary/aromatic N) is 1. The Bertz CT molecular complexity index is 526. The van der Waals surface area contributed by atoms with Crippen molar-refractivity contribution >= 4 is 23.7 Å². The fourth-order valence-electron chi connectivity index (χ4n) is 1.59. The summed E-state index contributed by atoms with van der Waals surface area (Å²) in [6, 6.07) is 4.65. The molecule has 2 amide bonds. The highest BCUT2D eigenvalue weighted by Crippen LogP contribution is 2.16. The molecule has 108 valence electrons. The molecule has 0 spiro atoms. The number of anilines is 1. The zero-order chi connectivity index (χ0) is 15.3. The molecule has 0 aliphatic carbocycles. The van der Waals surface area contributed by atoms with E-state index < -0.39 is 31.1 Å². The average molecular weight is 280 g/mol. The van der Waals surface area contributed by atoms with Crippen LogP contribution in [-0.2, 0) is 9.59 Å². The third-order valence-electron chi connectivity index (χ3n) is 2.57. The van der Waals surface area contributed by atoms with E-state index in [4.69, 9.17) is 10.2 Å². The van der Waals surface area contributed by atoms with E-state index in [1.54, 1.807) is 13.0 Å². The minimum absolute atomic E-state index is 0.524. The average Bonchev–Trinajstić information content (AvgIpc) is 2.31. The summed E-state index contributed by atoms with van der Waals surface area (Å²) in [5, 5.41) is 19.9. The standard InChI is InChI=1S/C13H16N2O5/c1-8-3-4-9(2)10(5-8)14-13(20)15(6-11(16)17)7-12(18)19/h3-5H,6-7H2,1-2H3,(H,14,20)(H,16,17)(H,18,19). The van der Waals surface area contributed by atoms with Crippen molar-refractivity contribution in [1.29, 1.82) is 0 Å². The van der Waals surface area contributed by atoms with Crippen molar-refractivity contribution in [1.82, 2.24) is 4.90 Å². The molecule has 0 radical (unpaired) electrons. The quantitative estimate of drug-likeness (QED) is 0.753. The number of hydrogen-bond donors (Lipinski definition) is 3. The number of urea groups is 1. The van der Waals surface area contributed by atoms with E-state index in [1.807, 2.05) is 19.1 Å². The number of carbonyl (C=O) groups is 3. The monoisotopic (exact) mass is 280 g/mol. The van der Waals surface area contributed by atoms with E-state index in [9.17, 15) is 14.4 Å². The van der Waals surface area contributed by atoms with Crippen LogP contribution in [0.2, 0.25) is 0 Å². The van der Waals surface area contributed by atoms with Crippen molar-refractivity contribution in [3.8, 4) is 0 Å². The number of aliphatic carboxylic acids is 2. The summed E-state index contributed by atoms with van der Waals surface area (Å²) in [7, 11) is 0. The van der Waals surface area contributed by atoms with Crippen LogP contribution >= 0.6 is 0 Å². The van der Waals surface area contributed by atoms with E-state index in [2.05, 4.69) is 5.32 Å². The van der Waals surface area contributed by atoms with E-state index in [0.29, 0.717) is 10.6 Å². The summed E-state index contributed by atoms with van der Waals surface area (Å²) in [6.45, 7) is 2.28. The summed E-state index contributed by atoms with van der Waals surface area (Å²) in [5.74, 6) is -2.55. The lowest BCUT2D eigenvalue weighted by molar-refractivity contribution is -0.140. The first-order valence-electron chi connectivity index (χ1n) is 5.86. The molecule has 1 aromatic carbocycles. The molecule has 0 fully saturated rings. The van der Waals surface area contributed by atoms with Crippen molar-refractivity contribution in [2.45, 2.75) is 13.8 Å². The minimum Gasteiger partial charge on any atom is -0.480 e. The number of amides is 2.